The van der Waals surface area contributed by atoms with Crippen LogP contribution in [0.5, 0.6) is 0 Å². The molecule has 0 aliphatic rings. The van der Waals surface area contributed by atoms with Crippen LogP contribution in [0.25, 0.3) is 0 Å². The third kappa shape index (κ3) is 465. The smallest absolute Gasteiger partial charge is 0 e. The Morgan fingerprint density at radius 2 is 0.0758 bits per heavy atom. The maximum atomic E-state index is 1.16. The maximum absolute atomic E-state index is 1.16. The molecule has 0 aromatic carbocycles. The molecule has 0 fully saturated rings. The van der Waals surface area contributed by atoms with E-state index in [1.165, 1.54) is 0 Å². The monoisotopic (exact) mass is 7110 g/mol. The summed E-state index contributed by atoms with van der Waals surface area (Å²) in [5, 5.41) is 0. The fraction of sp³-hybridized carbons (Fsp3) is 0. The minimum absolute atomic E-state index is 0. The summed E-state index contributed by atoms with van der Waals surface area (Å²) in [5.41, 5.74) is 0. The molecule has 0 unspecified atom stereocenters. The standard InChI is InChI=1S/24Rb.36Sb.6Sn. The van der Waals surface area contributed by atoms with Gasteiger partial charge in [-0.3, -0.25) is 0 Å². The van der Waals surface area contributed by atoms with Crippen molar-refractivity contribution in [3.05, 3.63) is 0 Å². The average molecular weight is 7150 g/mol. The van der Waals surface area contributed by atoms with Crippen LogP contribution >= 0.6 is 0 Å². The van der Waals surface area contributed by atoms with Crippen LogP contribution in [0, 0.1) is 0 Å². The Hall–Kier alpha value is 77.6. The van der Waals surface area contributed by atoms with Crippen LogP contribution in [0.3, 0.4) is 0 Å². The summed E-state index contributed by atoms with van der Waals surface area (Å²) in [6.45, 7) is 0. The second-order valence-electron chi connectivity index (χ2n) is 0. The normalized spacial score (nSPS) is 0.242. The Morgan fingerprint density at radius 1 is 0.0758 bits per heavy atom. The van der Waals surface area contributed by atoms with Crippen LogP contribution in [0.1, 0.15) is 0 Å². The first-order valence-corrected chi connectivity index (χ1v) is 70.0. The molecule has 0 aliphatic carbocycles. The van der Waals surface area contributed by atoms with Crippen molar-refractivity contribution >= 4 is 2320 Å². The molecule has 228 valence electrons. The molecule has 66 heavy (non-hydrogen) atoms. The molecule has 0 atom stereocenters. The molecule has 0 saturated carbocycles. The van der Waals surface area contributed by atoms with Gasteiger partial charge in [-0.25, -0.2) is 0 Å². The van der Waals surface area contributed by atoms with E-state index >= 15 is 0 Å². The Balaban J connectivity index is -0.0000000000101. The molecule has 0 bridgehead atoms. The van der Waals surface area contributed by atoms with Gasteiger partial charge in [0.1, 0.15) is 0 Å². The Kier molecular flexibility index (Phi) is 3320. The minimum Gasteiger partial charge on any atom is 0 e. The fourth-order valence-corrected chi connectivity index (χ4v) is 0. The quantitative estimate of drug-likeness (QED) is 0.212. The third-order valence-electron chi connectivity index (χ3n) is 0. The molecule has 0 aliphatic heterocycles. The van der Waals surface area contributed by atoms with Gasteiger partial charge in [0.05, 0.1) is 0 Å². The molecule has 66 heteroatoms. The van der Waals surface area contributed by atoms with Crippen molar-refractivity contribution in [1.82, 2.24) is 0 Å². The van der Waals surface area contributed by atoms with Crippen molar-refractivity contribution in [1.29, 1.82) is 0 Å². The number of hydrogen-bond acceptors (Lipinski definition) is 0. The van der Waals surface area contributed by atoms with Crippen molar-refractivity contribution in [2.24, 2.45) is 0 Å². The van der Waals surface area contributed by atoms with Gasteiger partial charge < -0.3 is 0 Å². The molecular formula is Rb24Sb36Sn6. The van der Waals surface area contributed by atoms with Gasteiger partial charge in [-0.05, 0) is 0 Å². The minimum atomic E-state index is 0. The summed E-state index contributed by atoms with van der Waals surface area (Å²) >= 11 is 4.64. The molecule has 0 aromatic heterocycles. The maximum Gasteiger partial charge on any atom is 0 e. The summed E-state index contributed by atoms with van der Waals surface area (Å²) in [6, 6.07) is 0. The van der Waals surface area contributed by atoms with E-state index in [0.717, 1.165) is 135 Å². The van der Waals surface area contributed by atoms with Gasteiger partial charge in [-0.2, -0.15) is 0 Å². The van der Waals surface area contributed by atoms with Crippen LogP contribution in [-0.2, 0) is 0 Å². The van der Waals surface area contributed by atoms with Gasteiger partial charge in [0.25, 0.3) is 0 Å². The second kappa shape index (κ2) is 475. The topological polar surface area (TPSA) is 0 Å². The van der Waals surface area contributed by atoms with Crippen molar-refractivity contribution in [2.45, 2.75) is 0 Å². The number of hydrogen-bond donors (Lipinski definition) is 0. The zero-order valence-electron chi connectivity index (χ0n) is 43.1. The average Bonchev–Trinajstić information content (AvgIpc) is 1.50. The van der Waals surface area contributed by atoms with E-state index in [9.17, 15) is 0 Å². The van der Waals surface area contributed by atoms with E-state index < -0.39 is 0 Å². The number of rotatable bonds is 0. The first kappa shape index (κ1) is 461. The van der Waals surface area contributed by atoms with E-state index in [0.29, 0.717) is 0 Å². The van der Waals surface area contributed by atoms with Gasteiger partial charge in [0, 0.05) is 2190 Å². The molecule has 0 spiro atoms. The molecule has 0 saturated heterocycles. The van der Waals surface area contributed by atoms with Gasteiger partial charge in [-0.1, -0.05) is 0 Å². The molecule has 0 N–H and O–H groups in total. The van der Waals surface area contributed by atoms with Crippen LogP contribution in [-0.4, -0.2) is 2320 Å². The summed E-state index contributed by atoms with van der Waals surface area (Å²) in [7, 11) is 0. The predicted molar refractivity (Wildman–Crippen MR) is 380 cm³/mol. The second-order valence-corrected chi connectivity index (χ2v) is 0. The Labute approximate surface area is 2220 Å². The van der Waals surface area contributed by atoms with E-state index in [1.54, 1.807) is 0 Å². The van der Waals surface area contributed by atoms with Crippen molar-refractivity contribution < 1.29 is 0 Å². The molecule has 0 nitrogen and oxygen atoms in total. The van der Waals surface area contributed by atoms with E-state index in [4.69, 9.17) is 0 Å². The Morgan fingerprint density at radius 3 is 0.0758 bits per heavy atom. The summed E-state index contributed by atoms with van der Waals surface area (Å²) in [6.07, 6.45) is 0. The summed E-state index contributed by atoms with van der Waals surface area (Å²) in [5.74, 6) is 0. The van der Waals surface area contributed by atoms with Crippen molar-refractivity contribution in [3.8, 4) is 0 Å². The van der Waals surface area contributed by atoms with E-state index in [2.05, 4.69) is 0 Å². The molecule has 152 radical (unpaired) electrons. The van der Waals surface area contributed by atoms with Gasteiger partial charge in [0.15, 0.2) is 0 Å². The summed E-state index contributed by atoms with van der Waals surface area (Å²) in [4.78, 5) is 0. The van der Waals surface area contributed by atoms with Gasteiger partial charge in [0.2, 0.25) is 0 Å². The molecule has 0 heterocycles. The predicted octanol–water partition coefficient (Wildman–Crippen LogP) is -25.1. The van der Waals surface area contributed by atoms with Gasteiger partial charge >= 0.3 is 135 Å². The van der Waals surface area contributed by atoms with Crippen molar-refractivity contribution in [2.75, 3.05) is 0 Å². The van der Waals surface area contributed by atoms with Crippen LogP contribution in [0.4, 0.5) is 0 Å². The SMILES string of the molecule is [Rb].[Rb].[Rb].[Rb].[Rb].[Rb].[Rb].[Rb].[Rb].[Rb].[Rb].[Rb].[Rb].[Rb].[Rb].[Rb].[Rb].[Rb].[Rb].[Rb].[Rb][Rb].[Rb][Rb].[Sb].[Sb].[Sb].[Sb].[Sb].[Sb].[Sb].[Sb].[Sb].[Sb].[Sb].[Sb].[Sb].[Sb].[Sb].[Sb].[Sb].[Sb].[Sb].[Sb].[Sb].[Sb].[Sb].[Sb].[Sb].[Sb].[Sb].[Sb].[Sb].[Sb].[Sb].[Sb].[Sb].[Sb].[Sb].[Sb].[Sn].[Sn].[Sn].[Sn].[Sn].[Sn]. The molecular weight excluding hydrogens is 7150 g/mol. The molecule has 0 rings (SSSR count). The Bertz CT molecular complexity index is 87.3. The summed E-state index contributed by atoms with van der Waals surface area (Å²) < 4.78 is 0. The zero-order valence-corrected chi connectivity index (χ0v) is 270. The third-order valence-corrected chi connectivity index (χ3v) is 0. The van der Waals surface area contributed by atoms with Crippen LogP contribution < -0.4 is 0 Å². The van der Waals surface area contributed by atoms with Crippen LogP contribution in [0.2, 0.25) is 0 Å². The largest absolute Gasteiger partial charge is 0 e. The first-order valence-electron chi connectivity index (χ1n) is 2.00. The fourth-order valence-electron chi connectivity index (χ4n) is 0. The molecule has 0 aromatic rings. The first-order chi connectivity index (χ1) is 2.00. The zero-order chi connectivity index (χ0) is 4.00. The van der Waals surface area contributed by atoms with Crippen LogP contribution in [0.15, 0.2) is 0 Å². The van der Waals surface area contributed by atoms with E-state index in [-0.39, 0.29) is 2190 Å². The van der Waals surface area contributed by atoms with Gasteiger partial charge in [-0.15, -0.1) is 0 Å². The van der Waals surface area contributed by atoms with Crippen molar-refractivity contribution in [3.63, 3.8) is 0 Å². The van der Waals surface area contributed by atoms with E-state index in [1.807, 2.05) is 0 Å². The molecule has 0 amide bonds.